The van der Waals surface area contributed by atoms with E-state index in [-0.39, 0.29) is 30.9 Å². The summed E-state index contributed by atoms with van der Waals surface area (Å²) in [4.78, 5) is 27.4. The number of carbonyl (C=O) groups is 2. The molecule has 32 heavy (non-hydrogen) atoms. The lowest BCUT2D eigenvalue weighted by Crippen LogP contribution is -2.46. The molecule has 1 aromatic heterocycles. The summed E-state index contributed by atoms with van der Waals surface area (Å²) in [5.74, 6) is 0.996. The van der Waals surface area contributed by atoms with Crippen molar-refractivity contribution in [3.63, 3.8) is 0 Å². The van der Waals surface area contributed by atoms with E-state index in [1.807, 2.05) is 0 Å². The van der Waals surface area contributed by atoms with Crippen molar-refractivity contribution in [2.75, 3.05) is 18.5 Å². The highest BCUT2D eigenvalue weighted by molar-refractivity contribution is 6.32. The van der Waals surface area contributed by atoms with Crippen LogP contribution in [-0.4, -0.2) is 50.8 Å². The number of anilines is 1. The summed E-state index contributed by atoms with van der Waals surface area (Å²) in [6.07, 6.45) is 5.13. The summed E-state index contributed by atoms with van der Waals surface area (Å²) in [6, 6.07) is 8.08. The average molecular weight is 461 g/mol. The van der Waals surface area contributed by atoms with Gasteiger partial charge in [0.05, 0.1) is 11.6 Å². The lowest BCUT2D eigenvalue weighted by Gasteiger charge is -2.28. The molecule has 2 atom stereocenters. The van der Waals surface area contributed by atoms with Gasteiger partial charge in [-0.15, -0.1) is 0 Å². The van der Waals surface area contributed by atoms with Crippen molar-refractivity contribution in [1.29, 1.82) is 0 Å². The normalized spacial score (nSPS) is 15.4. The molecular formula is C23H29ClN4O4. The van der Waals surface area contributed by atoms with Crippen LogP contribution in [0, 0.1) is 5.92 Å². The molecule has 0 saturated carbocycles. The number of aliphatic hydroxyl groups excluding tert-OH is 1. The number of nitrogens with zero attached hydrogens (tertiary/aromatic N) is 3. The summed E-state index contributed by atoms with van der Waals surface area (Å²) in [5.41, 5.74) is 0. The molecule has 0 bridgehead atoms. The number of hydrogen-bond acceptors (Lipinski definition) is 5. The molecule has 3 rings (SSSR count). The number of para-hydroxylation sites is 1. The van der Waals surface area contributed by atoms with E-state index in [1.165, 1.54) is 11.0 Å². The van der Waals surface area contributed by atoms with Crippen molar-refractivity contribution in [3.8, 4) is 5.75 Å². The zero-order valence-electron chi connectivity index (χ0n) is 18.3. The van der Waals surface area contributed by atoms with Gasteiger partial charge in [-0.05, 0) is 30.9 Å². The van der Waals surface area contributed by atoms with Crippen LogP contribution in [0.4, 0.5) is 5.82 Å². The van der Waals surface area contributed by atoms with Crippen molar-refractivity contribution >= 4 is 29.2 Å². The molecule has 2 heterocycles. The molecule has 8 nitrogen and oxygen atoms in total. The van der Waals surface area contributed by atoms with Crippen molar-refractivity contribution in [2.45, 2.75) is 45.7 Å². The van der Waals surface area contributed by atoms with E-state index in [0.29, 0.717) is 41.7 Å². The van der Waals surface area contributed by atoms with Gasteiger partial charge in [0.1, 0.15) is 17.6 Å². The predicted molar refractivity (Wildman–Crippen MR) is 122 cm³/mol. The van der Waals surface area contributed by atoms with Gasteiger partial charge < -0.3 is 20.1 Å². The molecular weight excluding hydrogens is 432 g/mol. The number of hydrogen-bond donors (Lipinski definition) is 2. The zero-order chi connectivity index (χ0) is 23.1. The van der Waals surface area contributed by atoms with Gasteiger partial charge >= 0.3 is 0 Å². The fraction of sp³-hybridized carbons (Fsp3) is 0.435. The number of aliphatic hydroxyl groups is 1. The zero-order valence-corrected chi connectivity index (χ0v) is 19.1. The second-order valence-electron chi connectivity index (χ2n) is 7.90. The van der Waals surface area contributed by atoms with E-state index in [4.69, 9.17) is 21.4 Å². The Labute approximate surface area is 192 Å². The molecule has 9 heteroatoms. The van der Waals surface area contributed by atoms with Crippen molar-refractivity contribution in [2.24, 2.45) is 5.92 Å². The van der Waals surface area contributed by atoms with E-state index < -0.39 is 6.04 Å². The summed E-state index contributed by atoms with van der Waals surface area (Å²) < 4.78 is 7.49. The lowest BCUT2D eigenvalue weighted by atomic mass is 9.97. The highest BCUT2D eigenvalue weighted by atomic mass is 35.5. The first-order chi connectivity index (χ1) is 15.4. The van der Waals surface area contributed by atoms with Crippen LogP contribution >= 0.6 is 11.6 Å². The molecule has 1 aliphatic heterocycles. The van der Waals surface area contributed by atoms with Crippen molar-refractivity contribution in [1.82, 2.24) is 14.7 Å². The SMILES string of the molecule is CC[C@H](C)CC(C(=O)Nc1ccn(CCCO)n1)N1CC(Oc2ccccc2Cl)=CC1=O. The Morgan fingerprint density at radius 1 is 1.34 bits per heavy atom. The van der Waals surface area contributed by atoms with Gasteiger partial charge in [0, 0.05) is 31.5 Å². The number of amides is 2. The first-order valence-corrected chi connectivity index (χ1v) is 11.2. The smallest absolute Gasteiger partial charge is 0.251 e. The minimum absolute atomic E-state index is 0.0706. The fourth-order valence-electron chi connectivity index (χ4n) is 3.43. The minimum atomic E-state index is -0.663. The second kappa shape index (κ2) is 11.2. The van der Waals surface area contributed by atoms with E-state index in [2.05, 4.69) is 24.3 Å². The van der Waals surface area contributed by atoms with Crippen LogP contribution in [0.25, 0.3) is 0 Å². The minimum Gasteiger partial charge on any atom is -0.458 e. The number of halogens is 1. The summed E-state index contributed by atoms with van der Waals surface area (Å²) in [7, 11) is 0. The van der Waals surface area contributed by atoms with Gasteiger partial charge in [-0.2, -0.15) is 5.10 Å². The van der Waals surface area contributed by atoms with Crippen LogP contribution in [0.15, 0.2) is 48.4 Å². The molecule has 0 saturated heterocycles. The largest absolute Gasteiger partial charge is 0.458 e. The van der Waals surface area contributed by atoms with E-state index in [9.17, 15) is 9.59 Å². The number of aryl methyl sites for hydroxylation is 1. The molecule has 0 aliphatic carbocycles. The average Bonchev–Trinajstić information content (AvgIpc) is 3.37. The van der Waals surface area contributed by atoms with Crippen LogP contribution in [0.5, 0.6) is 5.75 Å². The topological polar surface area (TPSA) is 96.7 Å². The molecule has 2 N–H and O–H groups in total. The van der Waals surface area contributed by atoms with Crippen LogP contribution in [0.3, 0.4) is 0 Å². The standard InChI is InChI=1S/C23H29ClN4O4/c1-3-16(2)13-19(23(31)25-21-9-11-27(26-21)10-6-12-29)28-15-17(14-22(28)30)32-20-8-5-4-7-18(20)24/h4-5,7-9,11,14,16,19,29H,3,6,10,12-13,15H2,1-2H3,(H,25,26,31)/t16-,19?/m0/s1. The highest BCUT2D eigenvalue weighted by Gasteiger charge is 2.35. The highest BCUT2D eigenvalue weighted by Crippen LogP contribution is 2.28. The molecule has 1 unspecified atom stereocenters. The van der Waals surface area contributed by atoms with Crippen LogP contribution in [0.1, 0.15) is 33.1 Å². The predicted octanol–water partition coefficient (Wildman–Crippen LogP) is 3.47. The summed E-state index contributed by atoms with van der Waals surface area (Å²) in [5, 5.41) is 16.6. The Kier molecular flexibility index (Phi) is 8.30. The molecule has 1 aliphatic rings. The number of nitrogens with one attached hydrogen (secondary N) is 1. The first-order valence-electron chi connectivity index (χ1n) is 10.8. The van der Waals surface area contributed by atoms with Crippen molar-refractivity contribution < 1.29 is 19.4 Å². The Bertz CT molecular complexity index is 974. The monoisotopic (exact) mass is 460 g/mol. The van der Waals surface area contributed by atoms with Gasteiger partial charge in [-0.3, -0.25) is 14.3 Å². The summed E-state index contributed by atoms with van der Waals surface area (Å²) >= 11 is 6.16. The number of aromatic nitrogens is 2. The van der Waals surface area contributed by atoms with Crippen LogP contribution < -0.4 is 10.1 Å². The van der Waals surface area contributed by atoms with Gasteiger partial charge in [-0.25, -0.2) is 0 Å². The maximum absolute atomic E-state index is 13.2. The molecule has 2 amide bonds. The maximum atomic E-state index is 13.2. The second-order valence-corrected chi connectivity index (χ2v) is 8.31. The third-order valence-corrected chi connectivity index (χ3v) is 5.72. The van der Waals surface area contributed by atoms with Crippen LogP contribution in [0.2, 0.25) is 5.02 Å². The molecule has 172 valence electrons. The Hall–Kier alpha value is -2.84. The first kappa shape index (κ1) is 23.8. The third kappa shape index (κ3) is 6.11. The third-order valence-electron chi connectivity index (χ3n) is 5.41. The number of benzene rings is 1. The summed E-state index contributed by atoms with van der Waals surface area (Å²) in [6.45, 7) is 4.92. The molecule has 0 spiro atoms. The Balaban J connectivity index is 1.71. The van der Waals surface area contributed by atoms with Gasteiger partial charge in [0.15, 0.2) is 5.82 Å². The number of ether oxygens (including phenoxy) is 1. The van der Waals surface area contributed by atoms with E-state index >= 15 is 0 Å². The van der Waals surface area contributed by atoms with E-state index in [1.54, 1.807) is 41.2 Å². The molecule has 0 radical (unpaired) electrons. The molecule has 2 aromatic rings. The van der Waals surface area contributed by atoms with Gasteiger partial charge in [0.2, 0.25) is 5.91 Å². The number of rotatable bonds is 11. The Morgan fingerprint density at radius 3 is 2.84 bits per heavy atom. The fourth-order valence-corrected chi connectivity index (χ4v) is 3.60. The number of carbonyl (C=O) groups excluding carboxylic acids is 2. The van der Waals surface area contributed by atoms with Crippen LogP contribution in [-0.2, 0) is 16.1 Å². The van der Waals surface area contributed by atoms with Gasteiger partial charge in [0.25, 0.3) is 5.91 Å². The lowest BCUT2D eigenvalue weighted by molar-refractivity contribution is -0.134. The maximum Gasteiger partial charge on any atom is 0.251 e. The van der Waals surface area contributed by atoms with Gasteiger partial charge in [-0.1, -0.05) is 44.0 Å². The molecule has 1 aromatic carbocycles. The molecule has 0 fully saturated rings. The Morgan fingerprint density at radius 2 is 2.12 bits per heavy atom. The van der Waals surface area contributed by atoms with Crippen molar-refractivity contribution in [3.05, 3.63) is 53.4 Å². The quantitative estimate of drug-likeness (QED) is 0.535. The van der Waals surface area contributed by atoms with E-state index in [0.717, 1.165) is 6.42 Å².